The van der Waals surface area contributed by atoms with Crippen molar-refractivity contribution in [1.82, 2.24) is 10.2 Å². The Kier molecular flexibility index (Phi) is 9.81. The average molecular weight is 580 g/mol. The molecule has 9 heteroatoms. The molecule has 1 saturated carbocycles. The molecule has 1 N–H and O–H groups in total. The molecule has 0 heterocycles. The molecular weight excluding hydrogens is 541 g/mol. The number of benzene rings is 3. The molecule has 7 nitrogen and oxygen atoms in total. The van der Waals surface area contributed by atoms with Gasteiger partial charge in [0.1, 0.15) is 18.4 Å². The molecule has 1 aliphatic carbocycles. The second-order valence-corrected chi connectivity index (χ2v) is 12.4. The monoisotopic (exact) mass is 579 g/mol. The summed E-state index contributed by atoms with van der Waals surface area (Å²) in [6, 6.07) is 18.7. The number of nitrogens with one attached hydrogen (secondary N) is 1. The van der Waals surface area contributed by atoms with E-state index in [1.807, 2.05) is 26.0 Å². The fourth-order valence-corrected chi connectivity index (χ4v) is 6.64. The summed E-state index contributed by atoms with van der Waals surface area (Å²) in [6.07, 6.45) is 4.34. The van der Waals surface area contributed by atoms with Crippen LogP contribution in [-0.4, -0.2) is 43.8 Å². The van der Waals surface area contributed by atoms with Crippen LogP contribution in [0.4, 0.5) is 10.1 Å². The maximum atomic E-state index is 14.7. The molecule has 4 rings (SSSR count). The van der Waals surface area contributed by atoms with E-state index in [2.05, 4.69) is 5.32 Å². The van der Waals surface area contributed by atoms with E-state index in [-0.39, 0.29) is 29.0 Å². The number of halogens is 1. The topological polar surface area (TPSA) is 86.8 Å². The zero-order chi connectivity index (χ0) is 29.6. The summed E-state index contributed by atoms with van der Waals surface area (Å²) in [5.74, 6) is -1.46. The van der Waals surface area contributed by atoms with Crippen LogP contribution in [0.1, 0.15) is 56.2 Å². The number of amides is 2. The quantitative estimate of drug-likeness (QED) is 0.331. The molecule has 0 aromatic heterocycles. The molecule has 1 unspecified atom stereocenters. The third-order valence-electron chi connectivity index (χ3n) is 7.70. The molecule has 1 fully saturated rings. The number of hydrogen-bond donors (Lipinski definition) is 1. The van der Waals surface area contributed by atoms with E-state index in [0.717, 1.165) is 41.1 Å². The molecule has 218 valence electrons. The minimum Gasteiger partial charge on any atom is -0.352 e. The highest BCUT2D eigenvalue weighted by Crippen LogP contribution is 2.28. The van der Waals surface area contributed by atoms with E-state index in [9.17, 15) is 22.4 Å². The summed E-state index contributed by atoms with van der Waals surface area (Å²) in [4.78, 5) is 28.7. The minimum atomic E-state index is -4.17. The number of anilines is 1. The summed E-state index contributed by atoms with van der Waals surface area (Å²) >= 11 is 0. The average Bonchev–Trinajstić information content (AvgIpc) is 3.48. The molecule has 41 heavy (non-hydrogen) atoms. The van der Waals surface area contributed by atoms with Crippen LogP contribution in [0, 0.1) is 12.7 Å². The Morgan fingerprint density at radius 3 is 2.20 bits per heavy atom. The molecule has 3 aromatic rings. The molecular formula is C32H38FN3O4S. The van der Waals surface area contributed by atoms with Gasteiger partial charge in [0.25, 0.3) is 10.0 Å². The summed E-state index contributed by atoms with van der Waals surface area (Å²) < 4.78 is 43.9. The summed E-state index contributed by atoms with van der Waals surface area (Å²) in [6.45, 7) is 4.64. The Hall–Kier alpha value is -3.72. The highest BCUT2D eigenvalue weighted by molar-refractivity contribution is 7.92. The maximum absolute atomic E-state index is 14.7. The molecule has 0 spiro atoms. The lowest BCUT2D eigenvalue weighted by molar-refractivity contribution is -0.139. The van der Waals surface area contributed by atoms with Crippen LogP contribution >= 0.6 is 0 Å². The standard InChI is InChI=1S/C32H38FN3O4S/c1-4-25-11-6-10-16-30(25)36(41(39,40)28-19-17-23(2)18-20-28)22-31(37)35(21-26-12-5-9-15-29(26)33)24(3)32(38)34-27-13-7-8-14-27/h5-6,9-12,15-20,24,27H,4,7-8,13-14,21-22H2,1-3H3,(H,34,38). The third-order valence-corrected chi connectivity index (χ3v) is 9.47. The van der Waals surface area contributed by atoms with Gasteiger partial charge >= 0.3 is 0 Å². The minimum absolute atomic E-state index is 0.0326. The molecule has 1 atom stereocenters. The number of hydrogen-bond acceptors (Lipinski definition) is 4. The zero-order valence-corrected chi connectivity index (χ0v) is 24.7. The maximum Gasteiger partial charge on any atom is 0.264 e. The molecule has 0 radical (unpaired) electrons. The smallest absolute Gasteiger partial charge is 0.264 e. The van der Waals surface area contributed by atoms with E-state index in [0.29, 0.717) is 12.1 Å². The highest BCUT2D eigenvalue weighted by Gasteiger charge is 2.34. The van der Waals surface area contributed by atoms with Crippen LogP contribution in [0.25, 0.3) is 0 Å². The lowest BCUT2D eigenvalue weighted by Gasteiger charge is -2.33. The third kappa shape index (κ3) is 7.14. The van der Waals surface area contributed by atoms with Gasteiger partial charge in [0.2, 0.25) is 11.8 Å². The number of carbonyl (C=O) groups excluding carboxylic acids is 2. The van der Waals surface area contributed by atoms with Gasteiger partial charge in [-0.2, -0.15) is 0 Å². The largest absolute Gasteiger partial charge is 0.352 e. The van der Waals surface area contributed by atoms with Crippen LogP contribution in [0.3, 0.4) is 0 Å². The Bertz CT molecular complexity index is 1470. The number of para-hydroxylation sites is 1. The van der Waals surface area contributed by atoms with E-state index in [1.165, 1.54) is 23.1 Å². The number of carbonyl (C=O) groups is 2. The predicted octanol–water partition coefficient (Wildman–Crippen LogP) is 5.37. The van der Waals surface area contributed by atoms with Gasteiger partial charge in [0.15, 0.2) is 0 Å². The summed E-state index contributed by atoms with van der Waals surface area (Å²) in [5.41, 5.74) is 2.28. The van der Waals surface area contributed by atoms with Crippen LogP contribution in [0.5, 0.6) is 0 Å². The van der Waals surface area contributed by atoms with Gasteiger partial charge in [-0.3, -0.25) is 13.9 Å². The zero-order valence-electron chi connectivity index (χ0n) is 23.8. The second kappa shape index (κ2) is 13.3. The molecule has 1 aliphatic rings. The lowest BCUT2D eigenvalue weighted by Crippen LogP contribution is -2.52. The van der Waals surface area contributed by atoms with Crippen molar-refractivity contribution in [3.05, 3.63) is 95.3 Å². The van der Waals surface area contributed by atoms with E-state index in [1.54, 1.807) is 49.4 Å². The predicted molar refractivity (Wildman–Crippen MR) is 158 cm³/mol. The Labute approximate surface area is 242 Å². The van der Waals surface area contributed by atoms with Crippen molar-refractivity contribution >= 4 is 27.5 Å². The summed E-state index contributed by atoms with van der Waals surface area (Å²) in [7, 11) is -4.17. The van der Waals surface area contributed by atoms with Gasteiger partial charge < -0.3 is 10.2 Å². The molecule has 0 saturated heterocycles. The van der Waals surface area contributed by atoms with Crippen LogP contribution < -0.4 is 9.62 Å². The number of rotatable bonds is 11. The summed E-state index contributed by atoms with van der Waals surface area (Å²) in [5, 5.41) is 3.02. The first kappa shape index (κ1) is 30.2. The van der Waals surface area contributed by atoms with E-state index >= 15 is 0 Å². The van der Waals surface area contributed by atoms with Crippen molar-refractivity contribution in [3.8, 4) is 0 Å². The highest BCUT2D eigenvalue weighted by atomic mass is 32.2. The molecule has 0 aliphatic heterocycles. The van der Waals surface area contributed by atoms with Gasteiger partial charge in [-0.1, -0.05) is 73.9 Å². The van der Waals surface area contributed by atoms with Crippen LogP contribution in [0.2, 0.25) is 0 Å². The lowest BCUT2D eigenvalue weighted by atomic mass is 10.1. The van der Waals surface area contributed by atoms with Crippen molar-refractivity contribution in [2.24, 2.45) is 0 Å². The SMILES string of the molecule is CCc1ccccc1N(CC(=O)N(Cc1ccccc1F)C(C)C(=O)NC1CCCC1)S(=O)(=O)c1ccc(C)cc1. The molecule has 3 aromatic carbocycles. The van der Waals surface area contributed by atoms with E-state index in [4.69, 9.17) is 0 Å². The Morgan fingerprint density at radius 2 is 1.56 bits per heavy atom. The van der Waals surface area contributed by atoms with E-state index < -0.39 is 34.3 Å². The van der Waals surface area contributed by atoms with Gasteiger partial charge in [0.05, 0.1) is 10.6 Å². The Morgan fingerprint density at radius 1 is 0.951 bits per heavy atom. The number of nitrogens with zero attached hydrogens (tertiary/aromatic N) is 2. The van der Waals surface area contributed by atoms with Gasteiger partial charge in [0, 0.05) is 18.2 Å². The number of sulfonamides is 1. The van der Waals surface area contributed by atoms with Crippen molar-refractivity contribution in [1.29, 1.82) is 0 Å². The van der Waals surface area contributed by atoms with Crippen LogP contribution in [-0.2, 0) is 32.6 Å². The first-order valence-corrected chi connectivity index (χ1v) is 15.6. The first-order valence-electron chi connectivity index (χ1n) is 14.1. The van der Waals surface area contributed by atoms with Crippen LogP contribution in [0.15, 0.2) is 77.7 Å². The van der Waals surface area contributed by atoms with Gasteiger partial charge in [-0.05, 0) is 62.9 Å². The fourth-order valence-electron chi connectivity index (χ4n) is 5.19. The van der Waals surface area contributed by atoms with Crippen molar-refractivity contribution in [2.45, 2.75) is 76.4 Å². The van der Waals surface area contributed by atoms with Gasteiger partial charge in [-0.15, -0.1) is 0 Å². The normalized spacial score (nSPS) is 14.4. The van der Waals surface area contributed by atoms with Crippen molar-refractivity contribution in [3.63, 3.8) is 0 Å². The first-order chi connectivity index (χ1) is 19.6. The van der Waals surface area contributed by atoms with Gasteiger partial charge in [-0.25, -0.2) is 12.8 Å². The number of aryl methyl sites for hydroxylation is 2. The van der Waals surface area contributed by atoms with Crippen molar-refractivity contribution < 1.29 is 22.4 Å². The Balaban J connectivity index is 1.72. The second-order valence-electron chi connectivity index (χ2n) is 10.6. The molecule has 2 amide bonds. The fraction of sp³-hybridized carbons (Fsp3) is 0.375. The van der Waals surface area contributed by atoms with Crippen molar-refractivity contribution in [2.75, 3.05) is 10.8 Å². The molecule has 0 bridgehead atoms.